The summed E-state index contributed by atoms with van der Waals surface area (Å²) in [5.41, 5.74) is 4.42. The van der Waals surface area contributed by atoms with Crippen molar-refractivity contribution in [3.05, 3.63) is 46.8 Å². The lowest BCUT2D eigenvalue weighted by Gasteiger charge is -2.41. The Balaban J connectivity index is 1.03. The van der Waals surface area contributed by atoms with Crippen molar-refractivity contribution >= 4 is 11.6 Å². The molecular formula is C30H44N4O2. The minimum absolute atomic E-state index is 0.138. The standard InChI is InChI=1S/C30H44N4O2/c1-22-7-3-4-10-27(22)29-21-36-23(2)28(32-29)20-33-15-11-26(12-16-33)30(35)31-13-6-14-34-18-24-8-5-9-25(17-24)19-34/h3-4,7,10,24-26H,5-6,8-9,11-21H2,1-2H3,(H,31,35). The van der Waals surface area contributed by atoms with E-state index < -0.39 is 0 Å². The fourth-order valence-corrected chi connectivity index (χ4v) is 6.66. The lowest BCUT2D eigenvalue weighted by atomic mass is 9.78. The number of carbonyl (C=O) groups is 1. The van der Waals surface area contributed by atoms with Crippen molar-refractivity contribution in [3.8, 4) is 0 Å². The number of hydrogen-bond acceptors (Lipinski definition) is 5. The number of aliphatic imine (C=N–C) groups is 1. The third-order valence-electron chi connectivity index (χ3n) is 8.76. The molecule has 1 amide bonds. The molecule has 3 heterocycles. The SMILES string of the molecule is CC1=C(CN2CCC(C(=O)NCCCN3CC4CCCC(C4)C3)CC2)N=C(c2ccccc2C)CO1. The molecule has 1 saturated carbocycles. The number of amides is 1. The number of nitrogens with one attached hydrogen (secondary N) is 1. The average Bonchev–Trinajstić information content (AvgIpc) is 2.88. The molecule has 1 aromatic rings. The molecule has 5 rings (SSSR count). The van der Waals surface area contributed by atoms with Crippen molar-refractivity contribution in [2.24, 2.45) is 22.7 Å². The summed E-state index contributed by atoms with van der Waals surface area (Å²) in [6, 6.07) is 8.36. The van der Waals surface area contributed by atoms with Crippen LogP contribution in [0.15, 0.2) is 40.7 Å². The normalized spacial score (nSPS) is 25.9. The largest absolute Gasteiger partial charge is 0.490 e. The van der Waals surface area contributed by atoms with Gasteiger partial charge in [0.2, 0.25) is 5.91 Å². The van der Waals surface area contributed by atoms with Crippen LogP contribution in [0.4, 0.5) is 0 Å². The minimum Gasteiger partial charge on any atom is -0.490 e. The van der Waals surface area contributed by atoms with E-state index in [9.17, 15) is 4.79 Å². The Hall–Kier alpha value is -2.18. The van der Waals surface area contributed by atoms with Gasteiger partial charge in [0.25, 0.3) is 0 Å². The second-order valence-electron chi connectivity index (χ2n) is 11.5. The molecule has 2 saturated heterocycles. The van der Waals surface area contributed by atoms with Gasteiger partial charge in [-0.3, -0.25) is 9.69 Å². The van der Waals surface area contributed by atoms with Crippen molar-refractivity contribution in [1.29, 1.82) is 0 Å². The summed E-state index contributed by atoms with van der Waals surface area (Å²) in [5, 5.41) is 3.24. The van der Waals surface area contributed by atoms with E-state index in [-0.39, 0.29) is 11.8 Å². The van der Waals surface area contributed by atoms with E-state index in [0.717, 1.165) is 81.0 Å². The maximum atomic E-state index is 12.8. The highest BCUT2D eigenvalue weighted by Crippen LogP contribution is 2.34. The van der Waals surface area contributed by atoms with Gasteiger partial charge in [0.1, 0.15) is 12.4 Å². The van der Waals surface area contributed by atoms with Crippen molar-refractivity contribution in [1.82, 2.24) is 15.1 Å². The van der Waals surface area contributed by atoms with Gasteiger partial charge in [-0.05, 0) is 89.4 Å². The fourth-order valence-electron chi connectivity index (χ4n) is 6.66. The molecule has 0 aromatic heterocycles. The van der Waals surface area contributed by atoms with Gasteiger partial charge < -0.3 is 15.0 Å². The topological polar surface area (TPSA) is 57.2 Å². The van der Waals surface area contributed by atoms with Gasteiger partial charge in [-0.1, -0.05) is 30.7 Å². The van der Waals surface area contributed by atoms with Crippen LogP contribution in [0.25, 0.3) is 0 Å². The zero-order valence-electron chi connectivity index (χ0n) is 22.3. The maximum Gasteiger partial charge on any atom is 0.223 e. The van der Waals surface area contributed by atoms with Crippen LogP contribution in [0.1, 0.15) is 63.0 Å². The van der Waals surface area contributed by atoms with Crippen LogP contribution in [0.5, 0.6) is 0 Å². The number of carbonyl (C=O) groups excluding carboxylic acids is 1. The quantitative estimate of drug-likeness (QED) is 0.547. The van der Waals surface area contributed by atoms with Crippen LogP contribution in [0.2, 0.25) is 0 Å². The Morgan fingerprint density at radius 3 is 2.56 bits per heavy atom. The molecule has 3 aliphatic heterocycles. The molecule has 1 aliphatic carbocycles. The second kappa shape index (κ2) is 11.9. The first-order valence-corrected chi connectivity index (χ1v) is 14.2. The smallest absolute Gasteiger partial charge is 0.223 e. The van der Waals surface area contributed by atoms with Crippen molar-refractivity contribution in [2.45, 2.75) is 58.8 Å². The summed E-state index contributed by atoms with van der Waals surface area (Å²) < 4.78 is 5.99. The molecule has 2 unspecified atom stereocenters. The fraction of sp³-hybridized carbons (Fsp3) is 0.667. The third kappa shape index (κ3) is 6.38. The predicted octanol–water partition coefficient (Wildman–Crippen LogP) is 4.39. The number of ether oxygens (including phenoxy) is 1. The van der Waals surface area contributed by atoms with Gasteiger partial charge in [-0.2, -0.15) is 0 Å². The molecule has 196 valence electrons. The molecule has 0 radical (unpaired) electrons. The second-order valence-corrected chi connectivity index (χ2v) is 11.5. The predicted molar refractivity (Wildman–Crippen MR) is 145 cm³/mol. The summed E-state index contributed by atoms with van der Waals surface area (Å²) in [4.78, 5) is 22.9. The van der Waals surface area contributed by atoms with Crippen molar-refractivity contribution in [2.75, 3.05) is 52.4 Å². The first-order chi connectivity index (χ1) is 17.5. The highest BCUT2D eigenvalue weighted by atomic mass is 16.5. The molecule has 0 spiro atoms. The summed E-state index contributed by atoms with van der Waals surface area (Å²) >= 11 is 0. The van der Waals surface area contributed by atoms with E-state index >= 15 is 0 Å². The first kappa shape index (κ1) is 25.5. The highest BCUT2D eigenvalue weighted by molar-refractivity contribution is 6.03. The Morgan fingerprint density at radius 1 is 1.06 bits per heavy atom. The van der Waals surface area contributed by atoms with E-state index in [1.165, 1.54) is 49.9 Å². The number of allylic oxidation sites excluding steroid dienone is 1. The van der Waals surface area contributed by atoms with E-state index in [2.05, 4.69) is 46.3 Å². The Kier molecular flexibility index (Phi) is 8.43. The summed E-state index contributed by atoms with van der Waals surface area (Å²) in [6.07, 6.45) is 8.64. The summed E-state index contributed by atoms with van der Waals surface area (Å²) in [6.45, 7) is 11.8. The number of piperidine rings is 2. The number of likely N-dealkylation sites (tertiary alicyclic amines) is 2. The minimum atomic E-state index is 0.138. The summed E-state index contributed by atoms with van der Waals surface area (Å²) in [7, 11) is 0. The lowest BCUT2D eigenvalue weighted by Crippen LogP contribution is -2.44. The van der Waals surface area contributed by atoms with Gasteiger partial charge in [-0.25, -0.2) is 4.99 Å². The molecule has 6 heteroatoms. The molecule has 6 nitrogen and oxygen atoms in total. The van der Waals surface area contributed by atoms with Crippen LogP contribution in [-0.4, -0.2) is 73.8 Å². The van der Waals surface area contributed by atoms with Gasteiger partial charge >= 0.3 is 0 Å². The molecule has 3 fully saturated rings. The molecule has 2 atom stereocenters. The Bertz CT molecular complexity index is 967. The van der Waals surface area contributed by atoms with Gasteiger partial charge in [0, 0.05) is 37.7 Å². The van der Waals surface area contributed by atoms with Gasteiger partial charge in [0.15, 0.2) is 0 Å². The number of hydrogen-bond donors (Lipinski definition) is 1. The molecule has 2 bridgehead atoms. The molecular weight excluding hydrogens is 448 g/mol. The number of benzene rings is 1. The molecule has 36 heavy (non-hydrogen) atoms. The molecule has 1 N–H and O–H groups in total. The van der Waals surface area contributed by atoms with Crippen LogP contribution >= 0.6 is 0 Å². The van der Waals surface area contributed by atoms with Crippen LogP contribution in [0.3, 0.4) is 0 Å². The zero-order chi connectivity index (χ0) is 24.9. The summed E-state index contributed by atoms with van der Waals surface area (Å²) in [5.74, 6) is 3.17. The Morgan fingerprint density at radius 2 is 1.81 bits per heavy atom. The first-order valence-electron chi connectivity index (χ1n) is 14.2. The monoisotopic (exact) mass is 492 g/mol. The van der Waals surface area contributed by atoms with E-state index in [1.54, 1.807) is 0 Å². The van der Waals surface area contributed by atoms with E-state index in [4.69, 9.17) is 9.73 Å². The Labute approximate surface area is 217 Å². The zero-order valence-corrected chi connectivity index (χ0v) is 22.3. The number of aryl methyl sites for hydroxylation is 1. The van der Waals surface area contributed by atoms with E-state index in [1.807, 2.05) is 6.92 Å². The van der Waals surface area contributed by atoms with Gasteiger partial charge in [-0.15, -0.1) is 0 Å². The maximum absolute atomic E-state index is 12.8. The number of fused-ring (bicyclic) bond motifs is 2. The van der Waals surface area contributed by atoms with Crippen molar-refractivity contribution < 1.29 is 9.53 Å². The van der Waals surface area contributed by atoms with Gasteiger partial charge in [0.05, 0.1) is 11.4 Å². The molecule has 1 aromatic carbocycles. The average molecular weight is 493 g/mol. The third-order valence-corrected chi connectivity index (χ3v) is 8.76. The van der Waals surface area contributed by atoms with E-state index in [0.29, 0.717) is 6.61 Å². The lowest BCUT2D eigenvalue weighted by molar-refractivity contribution is -0.126. The highest BCUT2D eigenvalue weighted by Gasteiger charge is 2.30. The number of rotatable bonds is 8. The van der Waals surface area contributed by atoms with Crippen LogP contribution < -0.4 is 5.32 Å². The van der Waals surface area contributed by atoms with Crippen molar-refractivity contribution in [3.63, 3.8) is 0 Å². The van der Waals surface area contributed by atoms with Crippen LogP contribution in [0, 0.1) is 24.7 Å². The van der Waals surface area contributed by atoms with Crippen LogP contribution in [-0.2, 0) is 9.53 Å². The molecule has 4 aliphatic rings. The number of nitrogens with zero attached hydrogens (tertiary/aromatic N) is 3.